The van der Waals surface area contributed by atoms with Crippen LogP contribution in [0, 0.1) is 18.3 Å². The van der Waals surface area contributed by atoms with Gasteiger partial charge in [0.05, 0.1) is 17.5 Å². The van der Waals surface area contributed by atoms with E-state index in [0.717, 1.165) is 26.6 Å². The number of amides is 1. The molecule has 1 aliphatic carbocycles. The summed E-state index contributed by atoms with van der Waals surface area (Å²) in [6, 6.07) is 15.7. The van der Waals surface area contributed by atoms with Crippen LogP contribution in [0.1, 0.15) is 58.6 Å². The highest BCUT2D eigenvalue weighted by molar-refractivity contribution is 7.89. The van der Waals surface area contributed by atoms with Crippen molar-refractivity contribution >= 4 is 30.2 Å². The Morgan fingerprint density at radius 1 is 1.00 bits per heavy atom. The summed E-state index contributed by atoms with van der Waals surface area (Å²) in [6.45, 7) is 16.2. The molecule has 0 unspecified atom stereocenters. The molecule has 2 aliphatic rings. The van der Waals surface area contributed by atoms with Gasteiger partial charge in [-0.25, -0.2) is 12.7 Å². The first-order valence-corrected chi connectivity index (χ1v) is 18.5. The van der Waals surface area contributed by atoms with Crippen molar-refractivity contribution in [3.05, 3.63) is 76.9 Å². The normalized spacial score (nSPS) is 23.8. The molecule has 1 amide bonds. The smallest absolute Gasteiger partial charge is 0.322 e. The van der Waals surface area contributed by atoms with Gasteiger partial charge in [-0.1, -0.05) is 79.9 Å². The number of ether oxygens (including phenoxy) is 1. The molecule has 3 atom stereocenters. The van der Waals surface area contributed by atoms with Gasteiger partial charge in [-0.2, -0.15) is 0 Å². The molecule has 2 aromatic rings. The SMILES string of the molecule is CC1=C(C)C[C@@]2(C(=O)OCc3ccccc3)C(=O)N(S(=O)(=O)c3ccc(C)cc3)C[C@@H](O[Si](C)(C)C(C)(C)C)[C@H]2C1. The molecule has 7 nitrogen and oxygen atoms in total. The number of rotatable bonds is 7. The van der Waals surface area contributed by atoms with Gasteiger partial charge in [0.25, 0.3) is 15.9 Å². The lowest BCUT2D eigenvalue weighted by Crippen LogP contribution is -2.67. The van der Waals surface area contributed by atoms with Crippen molar-refractivity contribution in [1.82, 2.24) is 4.31 Å². The molecule has 41 heavy (non-hydrogen) atoms. The third-order valence-corrected chi connectivity index (χ3v) is 15.5. The van der Waals surface area contributed by atoms with Gasteiger partial charge >= 0.3 is 5.97 Å². The minimum Gasteiger partial charge on any atom is -0.460 e. The van der Waals surface area contributed by atoms with Gasteiger partial charge < -0.3 is 9.16 Å². The van der Waals surface area contributed by atoms with Gasteiger partial charge in [0.2, 0.25) is 0 Å². The molecule has 0 N–H and O–H groups in total. The Morgan fingerprint density at radius 2 is 1.61 bits per heavy atom. The van der Waals surface area contributed by atoms with Crippen LogP contribution in [0.15, 0.2) is 70.6 Å². The van der Waals surface area contributed by atoms with Crippen molar-refractivity contribution in [2.75, 3.05) is 6.54 Å². The summed E-state index contributed by atoms with van der Waals surface area (Å²) in [4.78, 5) is 28.8. The third-order valence-electron chi connectivity index (χ3n) is 9.27. The molecular weight excluding hydrogens is 555 g/mol. The average Bonchev–Trinajstić information content (AvgIpc) is 2.90. The summed E-state index contributed by atoms with van der Waals surface area (Å²) in [5.74, 6) is -1.99. The summed E-state index contributed by atoms with van der Waals surface area (Å²) >= 11 is 0. The molecule has 2 aromatic carbocycles. The first-order chi connectivity index (χ1) is 19.0. The van der Waals surface area contributed by atoms with E-state index in [1.165, 1.54) is 12.1 Å². The van der Waals surface area contributed by atoms with E-state index in [1.54, 1.807) is 12.1 Å². The van der Waals surface area contributed by atoms with E-state index in [4.69, 9.17) is 9.16 Å². The summed E-state index contributed by atoms with van der Waals surface area (Å²) in [6.07, 6.45) is -0.121. The molecule has 0 spiro atoms. The number of sulfonamides is 1. The molecule has 9 heteroatoms. The maximum atomic E-state index is 14.6. The number of benzene rings is 2. The lowest BCUT2D eigenvalue weighted by molar-refractivity contribution is -0.179. The highest BCUT2D eigenvalue weighted by Gasteiger charge is 2.64. The number of hydrogen-bond acceptors (Lipinski definition) is 6. The molecule has 1 heterocycles. The Hall–Kier alpha value is -2.75. The summed E-state index contributed by atoms with van der Waals surface area (Å²) in [7, 11) is -6.72. The Labute approximate surface area is 246 Å². The third kappa shape index (κ3) is 5.81. The van der Waals surface area contributed by atoms with E-state index in [9.17, 15) is 18.0 Å². The van der Waals surface area contributed by atoms with Crippen LogP contribution in [-0.4, -0.2) is 45.6 Å². The largest absolute Gasteiger partial charge is 0.460 e. The Balaban J connectivity index is 1.86. The highest BCUT2D eigenvalue weighted by Crippen LogP contribution is 2.53. The van der Waals surface area contributed by atoms with Crippen LogP contribution in [0.5, 0.6) is 0 Å². The highest BCUT2D eigenvalue weighted by atomic mass is 32.2. The lowest BCUT2D eigenvalue weighted by atomic mass is 9.60. The second-order valence-corrected chi connectivity index (χ2v) is 19.8. The molecular formula is C32H43NO6SSi. The van der Waals surface area contributed by atoms with Crippen molar-refractivity contribution < 1.29 is 27.2 Å². The van der Waals surface area contributed by atoms with E-state index in [2.05, 4.69) is 33.9 Å². The minimum atomic E-state index is -4.28. The van der Waals surface area contributed by atoms with Crippen molar-refractivity contribution in [1.29, 1.82) is 0 Å². The molecule has 4 rings (SSSR count). The van der Waals surface area contributed by atoms with Gasteiger partial charge in [-0.05, 0) is 69.4 Å². The first-order valence-electron chi connectivity index (χ1n) is 14.2. The monoisotopic (exact) mass is 597 g/mol. The van der Waals surface area contributed by atoms with Gasteiger partial charge in [0.1, 0.15) is 6.61 Å². The number of carbonyl (C=O) groups is 2. The number of allylic oxidation sites excluding steroid dienone is 2. The quantitative estimate of drug-likeness (QED) is 0.159. The fourth-order valence-corrected chi connectivity index (χ4v) is 8.35. The number of carbonyl (C=O) groups excluding carboxylic acids is 2. The van der Waals surface area contributed by atoms with Crippen molar-refractivity contribution in [3.8, 4) is 0 Å². The molecule has 1 aliphatic heterocycles. The maximum Gasteiger partial charge on any atom is 0.322 e. The van der Waals surface area contributed by atoms with Crippen molar-refractivity contribution in [2.24, 2.45) is 11.3 Å². The van der Waals surface area contributed by atoms with Gasteiger partial charge in [0, 0.05) is 5.92 Å². The predicted molar refractivity (Wildman–Crippen MR) is 162 cm³/mol. The summed E-state index contributed by atoms with van der Waals surface area (Å²) < 4.78 is 41.8. The van der Waals surface area contributed by atoms with Crippen LogP contribution in [0.3, 0.4) is 0 Å². The van der Waals surface area contributed by atoms with Crippen LogP contribution in [0.4, 0.5) is 0 Å². The van der Waals surface area contributed by atoms with Crippen LogP contribution in [-0.2, 0) is 35.4 Å². The molecule has 0 radical (unpaired) electrons. The lowest BCUT2D eigenvalue weighted by Gasteiger charge is -2.53. The second kappa shape index (κ2) is 11.2. The molecule has 0 saturated carbocycles. The van der Waals surface area contributed by atoms with E-state index in [-0.39, 0.29) is 29.5 Å². The topological polar surface area (TPSA) is 90.0 Å². The van der Waals surface area contributed by atoms with E-state index in [1.807, 2.05) is 51.1 Å². The fourth-order valence-electron chi connectivity index (χ4n) is 5.54. The minimum absolute atomic E-state index is 0.00744. The number of hydrogen-bond donors (Lipinski definition) is 0. The Bertz CT molecular complexity index is 1440. The molecule has 222 valence electrons. The summed E-state index contributed by atoms with van der Waals surface area (Å²) in [5, 5.41) is -0.166. The summed E-state index contributed by atoms with van der Waals surface area (Å²) in [5.41, 5.74) is 1.95. The first kappa shape index (κ1) is 31.2. The zero-order valence-electron chi connectivity index (χ0n) is 25.5. The standard InChI is InChI=1S/C32H43NO6SSi/c1-22-14-16-26(17-15-22)40(36,37)33-20-28(39-41(7,8)31(4,5)6)27-18-23(2)24(3)19-32(27,29(33)34)30(35)38-21-25-12-10-9-11-13-25/h9-17,27-28H,18-21H2,1-8H3/t27-,28-,32+/m1/s1. The average molecular weight is 598 g/mol. The molecule has 0 aromatic heterocycles. The van der Waals surface area contributed by atoms with Crippen LogP contribution in [0.2, 0.25) is 18.1 Å². The zero-order chi connectivity index (χ0) is 30.4. The molecule has 1 fully saturated rings. The number of aryl methyl sites for hydroxylation is 1. The number of esters is 1. The second-order valence-electron chi connectivity index (χ2n) is 13.2. The van der Waals surface area contributed by atoms with Crippen molar-refractivity contribution in [2.45, 2.75) is 90.1 Å². The van der Waals surface area contributed by atoms with Gasteiger partial charge in [-0.15, -0.1) is 0 Å². The zero-order valence-corrected chi connectivity index (χ0v) is 27.3. The van der Waals surface area contributed by atoms with Crippen LogP contribution in [0.25, 0.3) is 0 Å². The predicted octanol–water partition coefficient (Wildman–Crippen LogP) is 6.39. The van der Waals surface area contributed by atoms with Gasteiger partial charge in [-0.3, -0.25) is 9.59 Å². The van der Waals surface area contributed by atoms with E-state index < -0.39 is 47.7 Å². The molecule has 0 bridgehead atoms. The number of nitrogens with zero attached hydrogens (tertiary/aromatic N) is 1. The van der Waals surface area contributed by atoms with E-state index in [0.29, 0.717) is 6.42 Å². The Morgan fingerprint density at radius 3 is 2.20 bits per heavy atom. The van der Waals surface area contributed by atoms with Gasteiger partial charge in [0.15, 0.2) is 13.7 Å². The van der Waals surface area contributed by atoms with E-state index >= 15 is 0 Å². The van der Waals surface area contributed by atoms with Crippen molar-refractivity contribution in [3.63, 3.8) is 0 Å². The number of fused-ring (bicyclic) bond motifs is 1. The Kier molecular flexibility index (Phi) is 8.48. The maximum absolute atomic E-state index is 14.6. The van der Waals surface area contributed by atoms with Crippen LogP contribution < -0.4 is 0 Å². The van der Waals surface area contributed by atoms with Crippen LogP contribution >= 0.6 is 0 Å². The molecule has 1 saturated heterocycles. The fraction of sp³-hybridized carbons (Fsp3) is 0.500. The number of piperidine rings is 1.